The molecule has 7 heteroatoms. The van der Waals surface area contributed by atoms with Gasteiger partial charge in [-0.1, -0.05) is 0 Å². The number of carbonyl (C=O) groups is 2. The van der Waals surface area contributed by atoms with Crippen LogP contribution >= 0.6 is 0 Å². The number of esters is 1. The Morgan fingerprint density at radius 2 is 1.88 bits per heavy atom. The third kappa shape index (κ3) is 3.08. The normalized spacial score (nSPS) is 20.6. The second kappa shape index (κ2) is 6.33. The standard InChI is InChI=1S/C19H21N3O4/c1-10(14-11(2)19(3,4)26-17(14)24)15-16(23)22-18(21-15)20-12-6-8-13(25-5)9-7-12/h6-9H,1-5H3,(H2,20,21,22,23)/b15-10-. The minimum Gasteiger partial charge on any atom is -0.497 e. The summed E-state index contributed by atoms with van der Waals surface area (Å²) in [5, 5.41) is 5.70. The summed E-state index contributed by atoms with van der Waals surface area (Å²) in [5.74, 6) is 0.237. The first-order chi connectivity index (χ1) is 12.2. The second-order valence-electron chi connectivity index (χ2n) is 6.64. The van der Waals surface area contributed by atoms with Crippen molar-refractivity contribution in [3.63, 3.8) is 0 Å². The predicted octanol–water partition coefficient (Wildman–Crippen LogP) is 2.52. The van der Waals surface area contributed by atoms with Crippen LogP contribution in [0, 0.1) is 0 Å². The van der Waals surface area contributed by atoms with Crippen molar-refractivity contribution in [2.45, 2.75) is 33.3 Å². The Labute approximate surface area is 151 Å². The van der Waals surface area contributed by atoms with Gasteiger partial charge in [0.2, 0.25) is 5.96 Å². The van der Waals surface area contributed by atoms with Crippen LogP contribution in [-0.2, 0) is 14.3 Å². The number of hydrogen-bond acceptors (Lipinski definition) is 6. The summed E-state index contributed by atoms with van der Waals surface area (Å²) in [4.78, 5) is 28.9. The molecule has 1 aromatic carbocycles. The van der Waals surface area contributed by atoms with Gasteiger partial charge in [0, 0.05) is 5.69 Å². The van der Waals surface area contributed by atoms with Crippen LogP contribution in [0.4, 0.5) is 5.69 Å². The van der Waals surface area contributed by atoms with Crippen LogP contribution in [0.15, 0.2) is 51.7 Å². The zero-order chi connectivity index (χ0) is 19.1. The highest BCUT2D eigenvalue weighted by Crippen LogP contribution is 2.36. The summed E-state index contributed by atoms with van der Waals surface area (Å²) in [6.45, 7) is 7.17. The lowest BCUT2D eigenvalue weighted by Gasteiger charge is -2.18. The third-order valence-electron chi connectivity index (χ3n) is 4.58. The molecular weight excluding hydrogens is 334 g/mol. The molecule has 2 N–H and O–H groups in total. The number of ether oxygens (including phenoxy) is 2. The molecule has 2 heterocycles. The van der Waals surface area contributed by atoms with E-state index in [-0.39, 0.29) is 11.6 Å². The van der Waals surface area contributed by atoms with E-state index in [0.717, 1.165) is 17.0 Å². The number of cyclic esters (lactones) is 1. The van der Waals surface area contributed by atoms with Gasteiger partial charge in [0.15, 0.2) is 0 Å². The Bertz CT molecular complexity index is 877. The summed E-state index contributed by atoms with van der Waals surface area (Å²) in [7, 11) is 1.59. The zero-order valence-electron chi connectivity index (χ0n) is 15.4. The molecular formula is C19H21N3O4. The Morgan fingerprint density at radius 3 is 2.42 bits per heavy atom. The lowest BCUT2D eigenvalue weighted by atomic mass is 9.93. The van der Waals surface area contributed by atoms with Gasteiger partial charge >= 0.3 is 5.97 Å². The quantitative estimate of drug-likeness (QED) is 0.642. The SMILES string of the molecule is COc1ccc(NC2=N/C(=C(/C)C3=C(C)C(C)(C)OC3=O)C(=O)N2)cc1. The molecule has 3 rings (SSSR count). The van der Waals surface area contributed by atoms with Crippen molar-refractivity contribution in [2.24, 2.45) is 4.99 Å². The van der Waals surface area contributed by atoms with Crippen molar-refractivity contribution < 1.29 is 19.1 Å². The molecule has 2 aliphatic rings. The molecule has 0 atom stereocenters. The molecule has 0 unspecified atom stereocenters. The number of carbonyl (C=O) groups excluding carboxylic acids is 2. The first kappa shape index (κ1) is 17.7. The van der Waals surface area contributed by atoms with Crippen LogP contribution in [-0.4, -0.2) is 30.5 Å². The van der Waals surface area contributed by atoms with Gasteiger partial charge < -0.3 is 14.8 Å². The van der Waals surface area contributed by atoms with E-state index in [1.165, 1.54) is 0 Å². The average molecular weight is 355 g/mol. The van der Waals surface area contributed by atoms with Crippen molar-refractivity contribution in [3.8, 4) is 5.75 Å². The molecule has 0 bridgehead atoms. The van der Waals surface area contributed by atoms with Crippen molar-refractivity contribution in [2.75, 3.05) is 12.4 Å². The molecule has 7 nitrogen and oxygen atoms in total. The zero-order valence-corrected chi connectivity index (χ0v) is 15.4. The van der Waals surface area contributed by atoms with Crippen molar-refractivity contribution in [1.82, 2.24) is 5.32 Å². The molecule has 1 aromatic rings. The van der Waals surface area contributed by atoms with Crippen LogP contribution in [0.2, 0.25) is 0 Å². The molecule has 136 valence electrons. The smallest absolute Gasteiger partial charge is 0.339 e. The molecule has 0 saturated carbocycles. The number of guanidine groups is 1. The van der Waals surface area contributed by atoms with E-state index in [0.29, 0.717) is 17.1 Å². The molecule has 0 aliphatic carbocycles. The first-order valence-electron chi connectivity index (χ1n) is 8.20. The Kier molecular flexibility index (Phi) is 4.31. The average Bonchev–Trinajstić information content (AvgIpc) is 3.04. The Balaban J connectivity index is 1.90. The highest BCUT2D eigenvalue weighted by molar-refractivity contribution is 6.17. The van der Waals surface area contributed by atoms with Gasteiger partial charge in [0.25, 0.3) is 5.91 Å². The number of anilines is 1. The predicted molar refractivity (Wildman–Crippen MR) is 97.8 cm³/mol. The highest BCUT2D eigenvalue weighted by Gasteiger charge is 2.40. The summed E-state index contributed by atoms with van der Waals surface area (Å²) < 4.78 is 10.5. The fourth-order valence-corrected chi connectivity index (χ4v) is 2.85. The fraction of sp³-hybridized carbons (Fsp3) is 0.316. The minimum atomic E-state index is -0.683. The van der Waals surface area contributed by atoms with E-state index in [1.807, 2.05) is 32.9 Å². The highest BCUT2D eigenvalue weighted by atomic mass is 16.6. The molecule has 0 saturated heterocycles. The van der Waals surface area contributed by atoms with E-state index in [4.69, 9.17) is 9.47 Å². The fourth-order valence-electron chi connectivity index (χ4n) is 2.85. The number of aliphatic imine (C=N–C) groups is 1. The van der Waals surface area contributed by atoms with Gasteiger partial charge in [0.1, 0.15) is 17.0 Å². The van der Waals surface area contributed by atoms with E-state index < -0.39 is 11.6 Å². The lowest BCUT2D eigenvalue weighted by Crippen LogP contribution is -2.30. The van der Waals surface area contributed by atoms with Crippen molar-refractivity contribution in [3.05, 3.63) is 46.7 Å². The van der Waals surface area contributed by atoms with Gasteiger partial charge in [-0.25, -0.2) is 9.79 Å². The summed E-state index contributed by atoms with van der Waals surface area (Å²) in [6.07, 6.45) is 0. The number of methoxy groups -OCH3 is 1. The molecule has 0 aromatic heterocycles. The van der Waals surface area contributed by atoms with E-state index >= 15 is 0 Å². The summed E-state index contributed by atoms with van der Waals surface area (Å²) in [5.41, 5.74) is 1.96. The Hall–Kier alpha value is -3.09. The number of benzene rings is 1. The van der Waals surface area contributed by atoms with Gasteiger partial charge in [-0.2, -0.15) is 0 Å². The molecule has 0 spiro atoms. The van der Waals surface area contributed by atoms with E-state index in [1.54, 1.807) is 26.2 Å². The van der Waals surface area contributed by atoms with Crippen LogP contribution in [0.1, 0.15) is 27.7 Å². The number of nitrogens with one attached hydrogen (secondary N) is 2. The largest absolute Gasteiger partial charge is 0.497 e. The number of rotatable bonds is 3. The molecule has 0 radical (unpaired) electrons. The van der Waals surface area contributed by atoms with E-state index in [9.17, 15) is 9.59 Å². The molecule has 1 amide bonds. The van der Waals surface area contributed by atoms with Crippen LogP contribution in [0.25, 0.3) is 0 Å². The maximum atomic E-state index is 12.3. The Morgan fingerprint density at radius 1 is 1.23 bits per heavy atom. The molecule has 26 heavy (non-hydrogen) atoms. The van der Waals surface area contributed by atoms with Gasteiger partial charge in [-0.05, 0) is 63.1 Å². The number of hydrogen-bond donors (Lipinski definition) is 2. The minimum absolute atomic E-state index is 0.199. The van der Waals surface area contributed by atoms with Crippen LogP contribution < -0.4 is 15.4 Å². The molecule has 0 fully saturated rings. The van der Waals surface area contributed by atoms with Gasteiger partial charge in [-0.15, -0.1) is 0 Å². The van der Waals surface area contributed by atoms with Gasteiger partial charge in [0.05, 0.1) is 12.7 Å². The van der Waals surface area contributed by atoms with Crippen molar-refractivity contribution in [1.29, 1.82) is 0 Å². The summed E-state index contributed by atoms with van der Waals surface area (Å²) >= 11 is 0. The van der Waals surface area contributed by atoms with Gasteiger partial charge in [-0.3, -0.25) is 10.1 Å². The maximum absolute atomic E-state index is 12.3. The topological polar surface area (TPSA) is 89.0 Å². The molecule has 2 aliphatic heterocycles. The monoisotopic (exact) mass is 355 g/mol. The lowest BCUT2D eigenvalue weighted by molar-refractivity contribution is -0.144. The number of amides is 1. The second-order valence-corrected chi connectivity index (χ2v) is 6.64. The van der Waals surface area contributed by atoms with E-state index in [2.05, 4.69) is 15.6 Å². The van der Waals surface area contributed by atoms with Crippen LogP contribution in [0.5, 0.6) is 5.75 Å². The third-order valence-corrected chi connectivity index (χ3v) is 4.58. The van der Waals surface area contributed by atoms with Crippen LogP contribution in [0.3, 0.4) is 0 Å². The number of nitrogens with zero attached hydrogens (tertiary/aromatic N) is 1. The summed E-state index contributed by atoms with van der Waals surface area (Å²) in [6, 6.07) is 7.22. The first-order valence-corrected chi connectivity index (χ1v) is 8.20. The van der Waals surface area contributed by atoms with Crippen molar-refractivity contribution >= 4 is 23.5 Å². The maximum Gasteiger partial charge on any atom is 0.339 e.